The maximum atomic E-state index is 10.1. The van der Waals surface area contributed by atoms with E-state index in [4.69, 9.17) is 5.73 Å². The lowest BCUT2D eigenvalue weighted by atomic mass is 10.0. The van der Waals surface area contributed by atoms with Crippen molar-refractivity contribution in [2.45, 2.75) is 18.9 Å². The summed E-state index contributed by atoms with van der Waals surface area (Å²) in [6.07, 6.45) is 1.41. The van der Waals surface area contributed by atoms with E-state index in [1.807, 2.05) is 12.1 Å². The van der Waals surface area contributed by atoms with Crippen molar-refractivity contribution in [3.8, 4) is 0 Å². The van der Waals surface area contributed by atoms with Crippen LogP contribution >= 0.6 is 31.9 Å². The minimum Gasteiger partial charge on any atom is -0.390 e. The van der Waals surface area contributed by atoms with Crippen LogP contribution in [0, 0.1) is 0 Å². The first-order chi connectivity index (χ1) is 10.6. The van der Waals surface area contributed by atoms with Crippen molar-refractivity contribution in [3.05, 3.63) is 56.5 Å². The number of halogens is 2. The molecule has 1 heterocycles. The second kappa shape index (κ2) is 6.71. The Hall–Kier alpha value is -0.880. The van der Waals surface area contributed by atoms with Gasteiger partial charge in [0.2, 0.25) is 0 Å². The molecule has 0 bridgehead atoms. The predicted octanol–water partition coefficient (Wildman–Crippen LogP) is 3.77. The number of rotatable bonds is 3. The highest BCUT2D eigenvalue weighted by Crippen LogP contribution is 2.38. The first kappa shape index (κ1) is 16.0. The lowest BCUT2D eigenvalue weighted by molar-refractivity contribution is 0.191. The summed E-state index contributed by atoms with van der Waals surface area (Å²) in [5.74, 6) is 0. The molecule has 0 aliphatic carbocycles. The van der Waals surface area contributed by atoms with Crippen LogP contribution in [0.1, 0.15) is 11.1 Å². The number of hydrogen-bond donors (Lipinski definition) is 2. The highest BCUT2D eigenvalue weighted by molar-refractivity contribution is 9.10. The van der Waals surface area contributed by atoms with Crippen molar-refractivity contribution < 1.29 is 5.11 Å². The van der Waals surface area contributed by atoms with Crippen LogP contribution in [0.5, 0.6) is 0 Å². The van der Waals surface area contributed by atoms with Gasteiger partial charge in [0, 0.05) is 26.9 Å². The second-order valence-corrected chi connectivity index (χ2v) is 7.38. The summed E-state index contributed by atoms with van der Waals surface area (Å²) in [7, 11) is 0. The van der Waals surface area contributed by atoms with E-state index in [-0.39, 0.29) is 6.54 Å². The first-order valence-electron chi connectivity index (χ1n) is 7.31. The smallest absolute Gasteiger partial charge is 0.0841 e. The van der Waals surface area contributed by atoms with Crippen LogP contribution in [0.4, 0.5) is 11.4 Å². The average Bonchev–Trinajstić information content (AvgIpc) is 2.64. The standard InChI is InChI=1S/C17H18Br2N2O/c18-13-3-5-16-11(7-13)1-2-12-8-14(19)4-6-17(12)21(16)10-15(22)9-20/h3-8,15,22H,1-2,9-10,20H2. The molecule has 0 radical (unpaired) electrons. The van der Waals surface area contributed by atoms with E-state index in [9.17, 15) is 5.11 Å². The van der Waals surface area contributed by atoms with Gasteiger partial charge in [-0.05, 0) is 60.4 Å². The maximum Gasteiger partial charge on any atom is 0.0841 e. The molecule has 0 amide bonds. The molecule has 2 aromatic carbocycles. The Morgan fingerprint density at radius 3 is 1.95 bits per heavy atom. The highest BCUT2D eigenvalue weighted by atomic mass is 79.9. The molecule has 0 saturated carbocycles. The number of hydrogen-bond acceptors (Lipinski definition) is 3. The quantitative estimate of drug-likeness (QED) is 0.786. The monoisotopic (exact) mass is 424 g/mol. The van der Waals surface area contributed by atoms with Gasteiger partial charge in [0.25, 0.3) is 0 Å². The number of aliphatic hydroxyl groups is 1. The van der Waals surface area contributed by atoms with Crippen molar-refractivity contribution in [1.29, 1.82) is 0 Å². The molecule has 2 aromatic rings. The molecule has 5 heteroatoms. The largest absolute Gasteiger partial charge is 0.390 e. The molecule has 22 heavy (non-hydrogen) atoms. The van der Waals surface area contributed by atoms with Crippen LogP contribution in [-0.2, 0) is 12.8 Å². The minimum atomic E-state index is -0.550. The molecule has 0 saturated heterocycles. The molecule has 116 valence electrons. The van der Waals surface area contributed by atoms with Crippen LogP contribution in [0.15, 0.2) is 45.3 Å². The zero-order valence-electron chi connectivity index (χ0n) is 12.1. The Morgan fingerprint density at radius 2 is 1.50 bits per heavy atom. The molecule has 3 rings (SSSR count). The average molecular weight is 426 g/mol. The van der Waals surface area contributed by atoms with E-state index in [1.54, 1.807) is 0 Å². The van der Waals surface area contributed by atoms with Gasteiger partial charge in [-0.2, -0.15) is 0 Å². The molecule has 0 fully saturated rings. The van der Waals surface area contributed by atoms with Crippen molar-refractivity contribution >= 4 is 43.2 Å². The van der Waals surface area contributed by atoms with Crippen molar-refractivity contribution in [3.63, 3.8) is 0 Å². The Bertz CT molecular complexity index is 637. The SMILES string of the molecule is NCC(O)CN1c2ccc(Br)cc2CCc2cc(Br)ccc21. The van der Waals surface area contributed by atoms with Crippen LogP contribution in [0.2, 0.25) is 0 Å². The summed E-state index contributed by atoms with van der Waals surface area (Å²) in [6.45, 7) is 0.758. The number of β-amino-alcohol motifs (C(OH)–C–C–N with tert-alkyl or cyclic N) is 1. The molecule has 1 aliphatic heterocycles. The first-order valence-corrected chi connectivity index (χ1v) is 8.89. The topological polar surface area (TPSA) is 49.5 Å². The van der Waals surface area contributed by atoms with Crippen LogP contribution in [0.25, 0.3) is 0 Å². The van der Waals surface area contributed by atoms with Crippen molar-refractivity contribution in [2.24, 2.45) is 5.73 Å². The minimum absolute atomic E-state index is 0.258. The summed E-state index contributed by atoms with van der Waals surface area (Å²) in [4.78, 5) is 2.19. The molecular weight excluding hydrogens is 408 g/mol. The summed E-state index contributed by atoms with van der Waals surface area (Å²) in [5, 5.41) is 10.1. The van der Waals surface area contributed by atoms with Gasteiger partial charge in [-0.1, -0.05) is 31.9 Å². The van der Waals surface area contributed by atoms with E-state index in [2.05, 4.69) is 61.0 Å². The molecule has 3 N–H and O–H groups in total. The normalized spacial score (nSPS) is 15.0. The van der Waals surface area contributed by atoms with Crippen LogP contribution < -0.4 is 10.6 Å². The summed E-state index contributed by atoms with van der Waals surface area (Å²) in [5.41, 5.74) is 10.5. The number of anilines is 2. The second-order valence-electron chi connectivity index (χ2n) is 5.55. The van der Waals surface area contributed by atoms with Crippen molar-refractivity contribution in [1.82, 2.24) is 0 Å². The fraction of sp³-hybridized carbons (Fsp3) is 0.294. The molecular formula is C17H18Br2N2O. The van der Waals surface area contributed by atoms with Gasteiger partial charge in [0.1, 0.15) is 0 Å². The number of fused-ring (bicyclic) bond motifs is 2. The van der Waals surface area contributed by atoms with Crippen LogP contribution in [0.3, 0.4) is 0 Å². The Morgan fingerprint density at radius 1 is 1.00 bits per heavy atom. The van der Waals surface area contributed by atoms with E-state index >= 15 is 0 Å². The molecule has 1 aliphatic rings. The van der Waals surface area contributed by atoms with Gasteiger partial charge in [-0.15, -0.1) is 0 Å². The van der Waals surface area contributed by atoms with Gasteiger partial charge < -0.3 is 15.7 Å². The Balaban J connectivity index is 2.11. The number of benzene rings is 2. The third kappa shape index (κ3) is 3.23. The van der Waals surface area contributed by atoms with Crippen LogP contribution in [-0.4, -0.2) is 24.3 Å². The Kier molecular flexibility index (Phi) is 4.88. The summed E-state index contributed by atoms with van der Waals surface area (Å²) >= 11 is 7.10. The van der Waals surface area contributed by atoms with Gasteiger partial charge in [-0.25, -0.2) is 0 Å². The zero-order chi connectivity index (χ0) is 15.7. The zero-order valence-corrected chi connectivity index (χ0v) is 15.3. The fourth-order valence-corrected chi connectivity index (χ4v) is 3.73. The van der Waals surface area contributed by atoms with E-state index in [0.29, 0.717) is 6.54 Å². The fourth-order valence-electron chi connectivity index (χ4n) is 2.92. The summed E-state index contributed by atoms with van der Waals surface area (Å²) in [6, 6.07) is 12.6. The van der Waals surface area contributed by atoms with E-state index < -0.39 is 6.10 Å². The van der Waals surface area contributed by atoms with Gasteiger partial charge in [0.05, 0.1) is 12.6 Å². The third-order valence-electron chi connectivity index (χ3n) is 3.99. The van der Waals surface area contributed by atoms with E-state index in [1.165, 1.54) is 11.1 Å². The number of nitrogens with two attached hydrogens (primary N) is 1. The highest BCUT2D eigenvalue weighted by Gasteiger charge is 2.22. The molecule has 1 atom stereocenters. The lowest BCUT2D eigenvalue weighted by Gasteiger charge is -2.29. The molecule has 0 aromatic heterocycles. The van der Waals surface area contributed by atoms with Gasteiger partial charge in [-0.3, -0.25) is 0 Å². The number of aliphatic hydroxyl groups excluding tert-OH is 1. The summed E-state index contributed by atoms with van der Waals surface area (Å²) < 4.78 is 2.16. The molecule has 1 unspecified atom stereocenters. The lowest BCUT2D eigenvalue weighted by Crippen LogP contribution is -2.34. The third-order valence-corrected chi connectivity index (χ3v) is 4.98. The van der Waals surface area contributed by atoms with Gasteiger partial charge in [0.15, 0.2) is 0 Å². The maximum absolute atomic E-state index is 10.1. The van der Waals surface area contributed by atoms with E-state index in [0.717, 1.165) is 33.2 Å². The predicted molar refractivity (Wildman–Crippen MR) is 97.8 cm³/mol. The molecule has 3 nitrogen and oxygen atoms in total. The number of nitrogens with zero attached hydrogens (tertiary/aromatic N) is 1. The Labute approximate surface area is 147 Å². The number of aryl methyl sites for hydroxylation is 2. The molecule has 0 spiro atoms. The van der Waals surface area contributed by atoms with Gasteiger partial charge >= 0.3 is 0 Å². The van der Waals surface area contributed by atoms with Crippen molar-refractivity contribution in [2.75, 3.05) is 18.0 Å².